The molecule has 0 radical (unpaired) electrons. The van der Waals surface area contributed by atoms with E-state index in [-0.39, 0.29) is 16.7 Å². The molecule has 146 valence electrons. The summed E-state index contributed by atoms with van der Waals surface area (Å²) < 4.78 is 2.47. The number of nitrogens with one attached hydrogen (secondary N) is 1. The SMILES string of the molecule is CCC(Sc1nc2ccc(Br)cc2c(=O)n1CC)C(=O)NCc1ccccc1. The van der Waals surface area contributed by atoms with Gasteiger partial charge in [0.15, 0.2) is 5.16 Å². The molecule has 7 heteroatoms. The molecule has 2 aromatic carbocycles. The van der Waals surface area contributed by atoms with Crippen LogP contribution in [0, 0.1) is 0 Å². The smallest absolute Gasteiger partial charge is 0.262 e. The van der Waals surface area contributed by atoms with E-state index >= 15 is 0 Å². The second-order valence-corrected chi connectivity index (χ2v) is 8.41. The fraction of sp³-hybridized carbons (Fsp3) is 0.286. The molecule has 0 fully saturated rings. The van der Waals surface area contributed by atoms with E-state index < -0.39 is 0 Å². The molecule has 1 unspecified atom stereocenters. The number of aromatic nitrogens is 2. The fourth-order valence-electron chi connectivity index (χ4n) is 2.89. The summed E-state index contributed by atoms with van der Waals surface area (Å²) in [7, 11) is 0. The molecule has 3 rings (SSSR count). The van der Waals surface area contributed by atoms with Crippen molar-refractivity contribution in [1.82, 2.24) is 14.9 Å². The summed E-state index contributed by atoms with van der Waals surface area (Å²) in [4.78, 5) is 30.2. The quantitative estimate of drug-likeness (QED) is 0.420. The number of carbonyl (C=O) groups is 1. The molecule has 1 aromatic heterocycles. The minimum absolute atomic E-state index is 0.0517. The number of halogens is 1. The predicted molar refractivity (Wildman–Crippen MR) is 118 cm³/mol. The molecule has 1 N–H and O–H groups in total. The number of thioether (sulfide) groups is 1. The van der Waals surface area contributed by atoms with Gasteiger partial charge in [0.1, 0.15) is 0 Å². The minimum Gasteiger partial charge on any atom is -0.351 e. The summed E-state index contributed by atoms with van der Waals surface area (Å²) in [6, 6.07) is 15.3. The van der Waals surface area contributed by atoms with Gasteiger partial charge in [-0.2, -0.15) is 0 Å². The van der Waals surface area contributed by atoms with E-state index in [0.717, 1.165) is 10.0 Å². The lowest BCUT2D eigenvalue weighted by Gasteiger charge is -2.17. The highest BCUT2D eigenvalue weighted by Gasteiger charge is 2.21. The van der Waals surface area contributed by atoms with Gasteiger partial charge in [-0.05, 0) is 37.1 Å². The third kappa shape index (κ3) is 4.64. The van der Waals surface area contributed by atoms with Gasteiger partial charge in [0, 0.05) is 17.6 Å². The molecule has 1 atom stereocenters. The third-order valence-electron chi connectivity index (χ3n) is 4.42. The van der Waals surface area contributed by atoms with E-state index in [2.05, 4.69) is 26.2 Å². The molecule has 0 saturated carbocycles. The van der Waals surface area contributed by atoms with Crippen LogP contribution in [0.15, 0.2) is 63.0 Å². The van der Waals surface area contributed by atoms with Crippen LogP contribution in [0.3, 0.4) is 0 Å². The van der Waals surface area contributed by atoms with Crippen molar-refractivity contribution in [2.24, 2.45) is 0 Å². The first-order valence-electron chi connectivity index (χ1n) is 9.21. The van der Waals surface area contributed by atoms with Crippen molar-refractivity contribution < 1.29 is 4.79 Å². The van der Waals surface area contributed by atoms with Crippen LogP contribution < -0.4 is 10.9 Å². The molecule has 3 aromatic rings. The fourth-order valence-corrected chi connectivity index (χ4v) is 4.35. The van der Waals surface area contributed by atoms with Crippen LogP contribution in [0.5, 0.6) is 0 Å². The summed E-state index contributed by atoms with van der Waals surface area (Å²) >= 11 is 4.75. The first-order valence-corrected chi connectivity index (χ1v) is 10.9. The van der Waals surface area contributed by atoms with Crippen molar-refractivity contribution in [1.29, 1.82) is 0 Å². The average molecular weight is 460 g/mol. The molecule has 0 aliphatic rings. The van der Waals surface area contributed by atoms with Crippen molar-refractivity contribution in [3.8, 4) is 0 Å². The molecule has 0 bridgehead atoms. The molecule has 0 aliphatic heterocycles. The van der Waals surface area contributed by atoms with E-state index in [9.17, 15) is 9.59 Å². The Bertz CT molecular complexity index is 1040. The largest absolute Gasteiger partial charge is 0.351 e. The van der Waals surface area contributed by atoms with Gasteiger partial charge >= 0.3 is 0 Å². The van der Waals surface area contributed by atoms with Crippen LogP contribution in [0.1, 0.15) is 25.8 Å². The van der Waals surface area contributed by atoms with E-state index in [0.29, 0.717) is 35.6 Å². The topological polar surface area (TPSA) is 64.0 Å². The summed E-state index contributed by atoms with van der Waals surface area (Å²) in [5.41, 5.74) is 1.60. The van der Waals surface area contributed by atoms with Gasteiger partial charge in [0.25, 0.3) is 5.56 Å². The van der Waals surface area contributed by atoms with Crippen molar-refractivity contribution >= 4 is 44.5 Å². The number of amides is 1. The van der Waals surface area contributed by atoms with Crippen molar-refractivity contribution in [2.75, 3.05) is 0 Å². The van der Waals surface area contributed by atoms with E-state index in [1.54, 1.807) is 10.6 Å². The van der Waals surface area contributed by atoms with Gasteiger partial charge in [0.05, 0.1) is 16.2 Å². The molecule has 0 saturated heterocycles. The van der Waals surface area contributed by atoms with Crippen LogP contribution in [0.4, 0.5) is 0 Å². The summed E-state index contributed by atoms with van der Waals surface area (Å²) in [5, 5.41) is 3.81. The predicted octanol–water partition coefficient (Wildman–Crippen LogP) is 4.37. The first kappa shape index (κ1) is 20.6. The van der Waals surface area contributed by atoms with Gasteiger partial charge in [-0.1, -0.05) is 64.9 Å². The average Bonchev–Trinajstić information content (AvgIpc) is 2.71. The Kier molecular flexibility index (Phi) is 6.91. The van der Waals surface area contributed by atoms with Gasteiger partial charge in [-0.3, -0.25) is 14.2 Å². The van der Waals surface area contributed by atoms with Gasteiger partial charge < -0.3 is 5.32 Å². The number of fused-ring (bicyclic) bond motifs is 1. The number of carbonyl (C=O) groups excluding carboxylic acids is 1. The lowest BCUT2D eigenvalue weighted by atomic mass is 10.2. The Morgan fingerprint density at radius 2 is 1.96 bits per heavy atom. The first-order chi connectivity index (χ1) is 13.5. The molecule has 5 nitrogen and oxygen atoms in total. The maximum Gasteiger partial charge on any atom is 0.262 e. The molecule has 1 amide bonds. The van der Waals surface area contributed by atoms with E-state index in [1.807, 2.05) is 56.3 Å². The van der Waals surface area contributed by atoms with Crippen LogP contribution in [-0.2, 0) is 17.9 Å². The highest BCUT2D eigenvalue weighted by Crippen LogP contribution is 2.26. The number of rotatable bonds is 7. The Morgan fingerprint density at radius 3 is 2.64 bits per heavy atom. The standard InChI is InChI=1S/C21H22BrN3O2S/c1-3-18(19(26)23-13-14-8-6-5-7-9-14)28-21-24-17-11-10-15(22)12-16(17)20(27)25(21)4-2/h5-12,18H,3-4,13H2,1-2H3,(H,23,26). The summed E-state index contributed by atoms with van der Waals surface area (Å²) in [6.45, 7) is 4.86. The molecular weight excluding hydrogens is 438 g/mol. The Morgan fingerprint density at radius 1 is 1.21 bits per heavy atom. The second kappa shape index (κ2) is 9.39. The van der Waals surface area contributed by atoms with Gasteiger partial charge in [-0.25, -0.2) is 4.98 Å². The van der Waals surface area contributed by atoms with Crippen molar-refractivity contribution in [2.45, 2.75) is 43.8 Å². The summed E-state index contributed by atoms with van der Waals surface area (Å²) in [5.74, 6) is -0.0517. The number of nitrogens with zero attached hydrogens (tertiary/aromatic N) is 2. The highest BCUT2D eigenvalue weighted by molar-refractivity contribution is 9.10. The minimum atomic E-state index is -0.318. The van der Waals surface area contributed by atoms with Crippen LogP contribution in [-0.4, -0.2) is 20.7 Å². The maximum absolute atomic E-state index is 12.9. The summed E-state index contributed by atoms with van der Waals surface area (Å²) in [6.07, 6.45) is 0.642. The Balaban J connectivity index is 1.83. The molecule has 0 aliphatic carbocycles. The Hall–Kier alpha value is -2.12. The number of benzene rings is 2. The Labute approximate surface area is 176 Å². The molecule has 1 heterocycles. The van der Waals surface area contributed by atoms with Crippen LogP contribution in [0.25, 0.3) is 10.9 Å². The van der Waals surface area contributed by atoms with Crippen molar-refractivity contribution in [3.05, 3.63) is 68.9 Å². The monoisotopic (exact) mass is 459 g/mol. The van der Waals surface area contributed by atoms with Crippen LogP contribution in [0.2, 0.25) is 0 Å². The zero-order valence-corrected chi connectivity index (χ0v) is 18.2. The zero-order chi connectivity index (χ0) is 20.1. The van der Waals surface area contributed by atoms with Gasteiger partial charge in [-0.15, -0.1) is 0 Å². The number of hydrogen-bond donors (Lipinski definition) is 1. The normalized spacial score (nSPS) is 12.1. The maximum atomic E-state index is 12.9. The molecule has 0 spiro atoms. The zero-order valence-electron chi connectivity index (χ0n) is 15.8. The lowest BCUT2D eigenvalue weighted by molar-refractivity contribution is -0.120. The molecular formula is C21H22BrN3O2S. The lowest BCUT2D eigenvalue weighted by Crippen LogP contribution is -2.33. The number of hydrogen-bond acceptors (Lipinski definition) is 4. The second-order valence-electron chi connectivity index (χ2n) is 6.32. The van der Waals surface area contributed by atoms with E-state index in [4.69, 9.17) is 0 Å². The van der Waals surface area contributed by atoms with Gasteiger partial charge in [0.2, 0.25) is 5.91 Å². The van der Waals surface area contributed by atoms with Crippen LogP contribution >= 0.6 is 27.7 Å². The highest BCUT2D eigenvalue weighted by atomic mass is 79.9. The van der Waals surface area contributed by atoms with E-state index in [1.165, 1.54) is 11.8 Å². The van der Waals surface area contributed by atoms with Crippen molar-refractivity contribution in [3.63, 3.8) is 0 Å². The third-order valence-corrected chi connectivity index (χ3v) is 6.27. The molecule has 28 heavy (non-hydrogen) atoms.